The molecule has 0 spiro atoms. The summed E-state index contributed by atoms with van der Waals surface area (Å²) in [6.45, 7) is 5.55. The Morgan fingerprint density at radius 2 is 2.13 bits per heavy atom. The van der Waals surface area contributed by atoms with Gasteiger partial charge in [0.05, 0.1) is 6.54 Å². The van der Waals surface area contributed by atoms with Crippen molar-refractivity contribution in [2.24, 2.45) is 0 Å². The highest BCUT2D eigenvalue weighted by atomic mass is 32.1. The average molecular weight is 438 g/mol. The van der Waals surface area contributed by atoms with Gasteiger partial charge >= 0.3 is 0 Å². The van der Waals surface area contributed by atoms with Gasteiger partial charge in [-0.1, -0.05) is 24.3 Å². The summed E-state index contributed by atoms with van der Waals surface area (Å²) in [4.78, 5) is 32.6. The zero-order valence-electron chi connectivity index (χ0n) is 17.5. The fourth-order valence-electron chi connectivity index (χ4n) is 3.90. The molecule has 0 radical (unpaired) electrons. The highest BCUT2D eigenvalue weighted by Crippen LogP contribution is 2.44. The maximum absolute atomic E-state index is 13.4. The molecule has 0 bridgehead atoms. The van der Waals surface area contributed by atoms with Crippen molar-refractivity contribution in [3.05, 3.63) is 51.5 Å². The fourth-order valence-corrected chi connectivity index (χ4v) is 4.58. The summed E-state index contributed by atoms with van der Waals surface area (Å²) in [5.41, 5.74) is 3.60. The van der Waals surface area contributed by atoms with E-state index in [-0.39, 0.29) is 17.7 Å². The van der Waals surface area contributed by atoms with E-state index in [4.69, 9.17) is 0 Å². The smallest absolute Gasteiger partial charge is 0.278 e. The predicted molar refractivity (Wildman–Crippen MR) is 115 cm³/mol. The van der Waals surface area contributed by atoms with Crippen molar-refractivity contribution in [3.8, 4) is 0 Å². The molecule has 2 amide bonds. The first-order chi connectivity index (χ1) is 15.0. The zero-order chi connectivity index (χ0) is 21.5. The predicted octanol–water partition coefficient (Wildman–Crippen LogP) is 2.79. The molecule has 160 valence electrons. The summed E-state index contributed by atoms with van der Waals surface area (Å²) < 4.78 is 1.70. The number of nitrogens with zero attached hydrogens (tertiary/aromatic N) is 6. The Balaban J connectivity index is 1.44. The number of rotatable bonds is 6. The molecule has 0 atom stereocenters. The molecule has 0 aromatic carbocycles. The summed E-state index contributed by atoms with van der Waals surface area (Å²) in [5.74, 6) is -0.202. The second kappa shape index (κ2) is 7.84. The molecule has 1 N–H and O–H groups in total. The van der Waals surface area contributed by atoms with Gasteiger partial charge in [-0.05, 0) is 43.7 Å². The van der Waals surface area contributed by atoms with Crippen molar-refractivity contribution >= 4 is 28.3 Å². The molecule has 3 aromatic rings. The van der Waals surface area contributed by atoms with Crippen LogP contribution >= 0.6 is 11.3 Å². The fraction of sp³-hybridized carbons (Fsp3) is 0.429. The first-order valence-electron chi connectivity index (χ1n) is 10.5. The van der Waals surface area contributed by atoms with Gasteiger partial charge in [-0.25, -0.2) is 0 Å². The number of carbonyl (C=O) groups is 2. The van der Waals surface area contributed by atoms with Gasteiger partial charge < -0.3 is 4.90 Å². The van der Waals surface area contributed by atoms with E-state index in [2.05, 4.69) is 25.6 Å². The SMILES string of the molecule is CCc1nnc(NC(=O)c2nn3c(c2C2CC2)C(=O)N(Cc2cccnc2C)CC3)s1. The minimum Gasteiger partial charge on any atom is -0.331 e. The highest BCUT2D eigenvalue weighted by Gasteiger charge is 2.40. The van der Waals surface area contributed by atoms with Crippen LogP contribution in [0.1, 0.15) is 68.5 Å². The Morgan fingerprint density at radius 3 is 2.84 bits per heavy atom. The van der Waals surface area contributed by atoms with Crippen LogP contribution in [0.25, 0.3) is 0 Å². The normalized spacial score (nSPS) is 15.8. The summed E-state index contributed by atoms with van der Waals surface area (Å²) in [7, 11) is 0. The average Bonchev–Trinajstić information content (AvgIpc) is 3.37. The van der Waals surface area contributed by atoms with Crippen LogP contribution in [0.4, 0.5) is 5.13 Å². The number of fused-ring (bicyclic) bond motifs is 1. The van der Waals surface area contributed by atoms with Crippen LogP contribution in [0.3, 0.4) is 0 Å². The largest absolute Gasteiger partial charge is 0.331 e. The van der Waals surface area contributed by atoms with Gasteiger partial charge in [-0.15, -0.1) is 10.2 Å². The van der Waals surface area contributed by atoms with Crippen LogP contribution in [0.5, 0.6) is 0 Å². The summed E-state index contributed by atoms with van der Waals surface area (Å²) in [6.07, 6.45) is 4.45. The third kappa shape index (κ3) is 3.71. The van der Waals surface area contributed by atoms with Crippen molar-refractivity contribution in [1.29, 1.82) is 0 Å². The van der Waals surface area contributed by atoms with E-state index >= 15 is 0 Å². The molecule has 31 heavy (non-hydrogen) atoms. The van der Waals surface area contributed by atoms with Crippen molar-refractivity contribution < 1.29 is 9.59 Å². The molecule has 1 fully saturated rings. The number of carbonyl (C=O) groups excluding carboxylic acids is 2. The molecule has 1 aliphatic heterocycles. The summed E-state index contributed by atoms with van der Waals surface area (Å²) >= 11 is 1.35. The van der Waals surface area contributed by atoms with Gasteiger partial charge in [0, 0.05) is 30.5 Å². The van der Waals surface area contributed by atoms with Crippen molar-refractivity contribution in [2.75, 3.05) is 11.9 Å². The molecular weight excluding hydrogens is 414 g/mol. The minimum absolute atomic E-state index is 0.0767. The number of aryl methyl sites for hydroxylation is 2. The molecule has 1 aliphatic carbocycles. The van der Waals surface area contributed by atoms with Crippen LogP contribution < -0.4 is 5.32 Å². The minimum atomic E-state index is -0.329. The number of nitrogens with one attached hydrogen (secondary N) is 1. The number of anilines is 1. The molecular formula is C21H23N7O2S. The second-order valence-electron chi connectivity index (χ2n) is 7.89. The Kier molecular flexibility index (Phi) is 5.01. The number of hydrogen-bond donors (Lipinski definition) is 1. The van der Waals surface area contributed by atoms with Gasteiger partial charge in [-0.2, -0.15) is 5.10 Å². The van der Waals surface area contributed by atoms with E-state index in [1.165, 1.54) is 11.3 Å². The van der Waals surface area contributed by atoms with Crippen molar-refractivity contribution in [1.82, 2.24) is 29.9 Å². The van der Waals surface area contributed by atoms with Crippen LogP contribution in [-0.4, -0.2) is 48.2 Å². The summed E-state index contributed by atoms with van der Waals surface area (Å²) in [6, 6.07) is 3.88. The Hall–Kier alpha value is -3.14. The monoisotopic (exact) mass is 437 g/mol. The van der Waals surface area contributed by atoms with E-state index in [0.717, 1.165) is 41.1 Å². The van der Waals surface area contributed by atoms with E-state index in [0.29, 0.717) is 36.2 Å². The second-order valence-corrected chi connectivity index (χ2v) is 8.95. The lowest BCUT2D eigenvalue weighted by Crippen LogP contribution is -2.40. The molecule has 1 saturated carbocycles. The molecule has 0 unspecified atom stereocenters. The van der Waals surface area contributed by atoms with E-state index in [1.807, 2.05) is 30.9 Å². The number of pyridine rings is 1. The first kappa shape index (κ1) is 19.8. The van der Waals surface area contributed by atoms with Gasteiger partial charge in [0.2, 0.25) is 5.13 Å². The maximum Gasteiger partial charge on any atom is 0.278 e. The zero-order valence-corrected chi connectivity index (χ0v) is 18.3. The molecule has 3 aromatic heterocycles. The van der Waals surface area contributed by atoms with E-state index < -0.39 is 0 Å². The first-order valence-corrected chi connectivity index (χ1v) is 11.3. The molecule has 2 aliphatic rings. The van der Waals surface area contributed by atoms with Gasteiger partial charge in [0.25, 0.3) is 11.8 Å². The standard InChI is InChI=1S/C21H23N7O2S/c1-3-15-24-25-21(31-15)23-19(29)17-16(13-6-7-13)18-20(30)27(9-10-28(18)26-17)11-14-5-4-8-22-12(14)2/h4-5,8,13H,3,6-7,9-11H2,1-2H3,(H,23,25,29). The van der Waals surface area contributed by atoms with Crippen molar-refractivity contribution in [3.63, 3.8) is 0 Å². The molecule has 0 saturated heterocycles. The van der Waals surface area contributed by atoms with Crippen molar-refractivity contribution in [2.45, 2.75) is 52.1 Å². The molecule has 9 nitrogen and oxygen atoms in total. The molecule has 10 heteroatoms. The lowest BCUT2D eigenvalue weighted by atomic mass is 10.0. The number of aromatic nitrogens is 5. The van der Waals surface area contributed by atoms with E-state index in [9.17, 15) is 9.59 Å². The lowest BCUT2D eigenvalue weighted by molar-refractivity contribution is 0.0681. The number of hydrogen-bond acceptors (Lipinski definition) is 7. The molecule has 5 rings (SSSR count). The molecule has 4 heterocycles. The van der Waals surface area contributed by atoms with Crippen LogP contribution in [0.15, 0.2) is 18.3 Å². The van der Waals surface area contributed by atoms with Gasteiger partial charge in [0.1, 0.15) is 10.7 Å². The third-order valence-electron chi connectivity index (χ3n) is 5.73. The Bertz CT molecular complexity index is 1160. The third-order valence-corrected chi connectivity index (χ3v) is 6.71. The van der Waals surface area contributed by atoms with Crippen LogP contribution in [0.2, 0.25) is 0 Å². The Labute approximate surface area is 183 Å². The van der Waals surface area contributed by atoms with Crippen LogP contribution in [-0.2, 0) is 19.5 Å². The quantitative estimate of drug-likeness (QED) is 0.636. The maximum atomic E-state index is 13.4. The topological polar surface area (TPSA) is 106 Å². The van der Waals surface area contributed by atoms with Gasteiger partial charge in [0.15, 0.2) is 5.69 Å². The number of amides is 2. The van der Waals surface area contributed by atoms with Crippen LogP contribution in [0, 0.1) is 6.92 Å². The van der Waals surface area contributed by atoms with Gasteiger partial charge in [-0.3, -0.25) is 24.6 Å². The summed E-state index contributed by atoms with van der Waals surface area (Å²) in [5, 5.41) is 16.7. The van der Waals surface area contributed by atoms with E-state index in [1.54, 1.807) is 10.9 Å². The highest BCUT2D eigenvalue weighted by molar-refractivity contribution is 7.15. The lowest BCUT2D eigenvalue weighted by Gasteiger charge is -2.28. The Morgan fingerprint density at radius 1 is 1.29 bits per heavy atom.